The quantitative estimate of drug-likeness (QED) is 0.223. The number of nitrogens with one attached hydrogen (secondary N) is 2. The van der Waals surface area contributed by atoms with E-state index in [1.807, 2.05) is 42.5 Å². The zero-order chi connectivity index (χ0) is 22.9. The third kappa shape index (κ3) is 6.23. The molecule has 0 saturated carbocycles. The van der Waals surface area contributed by atoms with Crippen molar-refractivity contribution in [3.8, 4) is 0 Å². The Morgan fingerprint density at radius 1 is 1.09 bits per heavy atom. The average Bonchev–Trinajstić information content (AvgIpc) is 3.26. The number of ether oxygens (including phenoxy) is 1. The highest BCUT2D eigenvalue weighted by molar-refractivity contribution is 7.99. The Balaban J connectivity index is 1.41. The van der Waals surface area contributed by atoms with E-state index in [1.54, 1.807) is 18.0 Å². The highest BCUT2D eigenvalue weighted by atomic mass is 32.2. The van der Waals surface area contributed by atoms with E-state index in [9.17, 15) is 4.79 Å². The number of benzene rings is 2. The highest BCUT2D eigenvalue weighted by Gasteiger charge is 2.08. The number of aromatic amines is 1. The fourth-order valence-electron chi connectivity index (χ4n) is 3.40. The van der Waals surface area contributed by atoms with Crippen LogP contribution in [0.5, 0.6) is 0 Å². The molecule has 0 unspecified atom stereocenters. The zero-order valence-corrected chi connectivity index (χ0v) is 19.3. The SMILES string of the molecule is COC(=O)CCCCNc1ccccc1Sc1ccc2c(C=Cc3ccccn3)n[nH]c2c1. The summed E-state index contributed by atoms with van der Waals surface area (Å²) in [4.78, 5) is 17.8. The van der Waals surface area contributed by atoms with Crippen molar-refractivity contribution in [2.24, 2.45) is 0 Å². The lowest BCUT2D eigenvalue weighted by atomic mass is 10.2. The van der Waals surface area contributed by atoms with E-state index >= 15 is 0 Å². The number of carbonyl (C=O) groups excluding carboxylic acids is 1. The van der Waals surface area contributed by atoms with Gasteiger partial charge in [0.2, 0.25) is 0 Å². The largest absolute Gasteiger partial charge is 0.469 e. The number of esters is 1. The molecule has 0 aliphatic carbocycles. The summed E-state index contributed by atoms with van der Waals surface area (Å²) in [6, 6.07) is 20.4. The number of nitrogens with zero attached hydrogens (tertiary/aromatic N) is 2. The smallest absolute Gasteiger partial charge is 0.305 e. The molecule has 4 rings (SSSR count). The molecule has 2 N–H and O–H groups in total. The van der Waals surface area contributed by atoms with Gasteiger partial charge in [0, 0.05) is 40.0 Å². The molecule has 0 saturated heterocycles. The van der Waals surface area contributed by atoms with E-state index in [0.29, 0.717) is 6.42 Å². The predicted octanol–water partition coefficient (Wildman–Crippen LogP) is 6.03. The number of unbranched alkanes of at least 4 members (excludes halogenated alkanes) is 1. The van der Waals surface area contributed by atoms with Gasteiger partial charge < -0.3 is 10.1 Å². The first kappa shape index (κ1) is 22.6. The monoisotopic (exact) mass is 458 g/mol. The first-order valence-corrected chi connectivity index (χ1v) is 11.7. The molecule has 4 aromatic rings. The number of fused-ring (bicyclic) bond motifs is 1. The summed E-state index contributed by atoms with van der Waals surface area (Å²) in [6.07, 6.45) is 7.89. The lowest BCUT2D eigenvalue weighted by molar-refractivity contribution is -0.140. The summed E-state index contributed by atoms with van der Waals surface area (Å²) in [5.74, 6) is -0.157. The Bertz CT molecular complexity index is 1240. The minimum absolute atomic E-state index is 0.157. The van der Waals surface area contributed by atoms with Crippen molar-refractivity contribution in [3.63, 3.8) is 0 Å². The second kappa shape index (κ2) is 11.3. The van der Waals surface area contributed by atoms with Gasteiger partial charge in [-0.3, -0.25) is 14.9 Å². The van der Waals surface area contributed by atoms with E-state index in [0.717, 1.165) is 57.2 Å². The van der Waals surface area contributed by atoms with Crippen LogP contribution in [0, 0.1) is 0 Å². The number of rotatable bonds is 10. The third-order valence-electron chi connectivity index (χ3n) is 5.13. The van der Waals surface area contributed by atoms with Crippen LogP contribution >= 0.6 is 11.8 Å². The molecular weight excluding hydrogens is 432 g/mol. The van der Waals surface area contributed by atoms with Gasteiger partial charge in [0.1, 0.15) is 0 Å². The predicted molar refractivity (Wildman–Crippen MR) is 134 cm³/mol. The summed E-state index contributed by atoms with van der Waals surface area (Å²) in [6.45, 7) is 0.806. The van der Waals surface area contributed by atoms with Crippen molar-refractivity contribution < 1.29 is 9.53 Å². The van der Waals surface area contributed by atoms with E-state index < -0.39 is 0 Å². The number of hydrogen-bond donors (Lipinski definition) is 2. The number of H-pyrrole nitrogens is 1. The van der Waals surface area contributed by atoms with Crippen molar-refractivity contribution in [2.75, 3.05) is 19.0 Å². The molecule has 2 heterocycles. The van der Waals surface area contributed by atoms with Gasteiger partial charge in [-0.25, -0.2) is 0 Å². The van der Waals surface area contributed by atoms with Crippen LogP contribution in [0.2, 0.25) is 0 Å². The first-order chi connectivity index (χ1) is 16.2. The summed E-state index contributed by atoms with van der Waals surface area (Å²) < 4.78 is 4.69. The molecule has 168 valence electrons. The number of pyridine rings is 1. The van der Waals surface area contributed by atoms with Crippen molar-refractivity contribution in [2.45, 2.75) is 29.1 Å². The van der Waals surface area contributed by atoms with E-state index in [4.69, 9.17) is 4.74 Å². The van der Waals surface area contributed by atoms with Gasteiger partial charge in [-0.1, -0.05) is 30.0 Å². The summed E-state index contributed by atoms with van der Waals surface area (Å²) >= 11 is 1.71. The highest BCUT2D eigenvalue weighted by Crippen LogP contribution is 2.35. The lowest BCUT2D eigenvalue weighted by Crippen LogP contribution is -2.05. The molecule has 0 bridgehead atoms. The molecule has 0 radical (unpaired) electrons. The first-order valence-electron chi connectivity index (χ1n) is 10.9. The van der Waals surface area contributed by atoms with Gasteiger partial charge in [0.25, 0.3) is 0 Å². The Kier molecular flexibility index (Phi) is 7.76. The van der Waals surface area contributed by atoms with Crippen molar-refractivity contribution in [1.29, 1.82) is 0 Å². The Morgan fingerprint density at radius 3 is 2.82 bits per heavy atom. The van der Waals surface area contributed by atoms with E-state index in [-0.39, 0.29) is 5.97 Å². The molecule has 0 fully saturated rings. The number of hydrogen-bond acceptors (Lipinski definition) is 6. The summed E-state index contributed by atoms with van der Waals surface area (Å²) in [5, 5.41) is 12.2. The van der Waals surface area contributed by atoms with Gasteiger partial charge in [0.15, 0.2) is 0 Å². The van der Waals surface area contributed by atoms with Crippen molar-refractivity contribution in [1.82, 2.24) is 15.2 Å². The summed E-state index contributed by atoms with van der Waals surface area (Å²) in [7, 11) is 1.42. The topological polar surface area (TPSA) is 79.9 Å². The second-order valence-electron chi connectivity index (χ2n) is 7.46. The van der Waals surface area contributed by atoms with Gasteiger partial charge in [-0.2, -0.15) is 5.10 Å². The molecule has 33 heavy (non-hydrogen) atoms. The standard InChI is InChI=1S/C26H26N4O2S/c1-32-26(31)11-5-7-17-28-23-9-2-3-10-25(23)33-20-13-14-21-22(29-30-24(21)18-20)15-12-19-8-4-6-16-27-19/h2-4,6,8-10,12-16,18,28H,5,7,11,17H2,1H3,(H,29,30). The van der Waals surface area contributed by atoms with E-state index in [1.165, 1.54) is 7.11 Å². The average molecular weight is 459 g/mol. The maximum Gasteiger partial charge on any atom is 0.305 e. The van der Waals surface area contributed by atoms with Crippen molar-refractivity contribution in [3.05, 3.63) is 78.2 Å². The summed E-state index contributed by atoms with van der Waals surface area (Å²) in [5.41, 5.74) is 3.87. The molecule has 0 atom stereocenters. The van der Waals surface area contributed by atoms with Crippen LogP contribution in [-0.4, -0.2) is 34.8 Å². The molecule has 0 spiro atoms. The molecule has 2 aromatic heterocycles. The van der Waals surface area contributed by atoms with Crippen LogP contribution in [0.3, 0.4) is 0 Å². The molecular formula is C26H26N4O2S. The van der Waals surface area contributed by atoms with Crippen LogP contribution < -0.4 is 5.32 Å². The van der Waals surface area contributed by atoms with E-state index in [2.05, 4.69) is 50.8 Å². The Labute approximate surface area is 197 Å². The number of aromatic nitrogens is 3. The van der Waals surface area contributed by atoms with Crippen molar-refractivity contribution >= 4 is 46.5 Å². The molecule has 2 aromatic carbocycles. The zero-order valence-electron chi connectivity index (χ0n) is 18.5. The Hall–Kier alpha value is -3.58. The molecule has 0 aliphatic heterocycles. The van der Waals surface area contributed by atoms with Crippen LogP contribution in [0.1, 0.15) is 30.7 Å². The molecule has 0 amide bonds. The minimum atomic E-state index is -0.157. The van der Waals surface area contributed by atoms with Crippen LogP contribution in [0.25, 0.3) is 23.1 Å². The molecule has 6 nitrogen and oxygen atoms in total. The third-order valence-corrected chi connectivity index (χ3v) is 6.19. The normalized spacial score (nSPS) is 11.2. The number of para-hydroxylation sites is 1. The molecule has 7 heteroatoms. The number of anilines is 1. The van der Waals surface area contributed by atoms with Gasteiger partial charge in [-0.15, -0.1) is 0 Å². The maximum atomic E-state index is 11.2. The molecule has 0 aliphatic rings. The fourth-order valence-corrected chi connectivity index (χ4v) is 4.36. The Morgan fingerprint density at radius 2 is 1.97 bits per heavy atom. The van der Waals surface area contributed by atoms with Gasteiger partial charge >= 0.3 is 5.97 Å². The van der Waals surface area contributed by atoms with Crippen LogP contribution in [0.4, 0.5) is 5.69 Å². The van der Waals surface area contributed by atoms with Gasteiger partial charge in [-0.05, 0) is 67.5 Å². The minimum Gasteiger partial charge on any atom is -0.469 e. The number of carbonyl (C=O) groups is 1. The lowest BCUT2D eigenvalue weighted by Gasteiger charge is -2.11. The fraction of sp³-hybridized carbons (Fsp3) is 0.192. The second-order valence-corrected chi connectivity index (χ2v) is 8.58. The van der Waals surface area contributed by atoms with Gasteiger partial charge in [0.05, 0.1) is 24.0 Å². The maximum absolute atomic E-state index is 11.2. The van der Waals surface area contributed by atoms with Crippen LogP contribution in [0.15, 0.2) is 76.7 Å². The number of methoxy groups -OCH3 is 1. The van der Waals surface area contributed by atoms with Crippen LogP contribution in [-0.2, 0) is 9.53 Å².